The number of rotatable bonds is 4. The maximum atomic E-state index is 12.4. The monoisotopic (exact) mass is 267 g/mol. The van der Waals surface area contributed by atoms with E-state index in [2.05, 4.69) is 4.98 Å². The molecule has 4 nitrogen and oxygen atoms in total. The highest BCUT2D eigenvalue weighted by Crippen LogP contribution is 2.32. The molecule has 1 fully saturated rings. The number of carbonyl (C=O) groups is 1. The number of thiazole rings is 1. The van der Waals surface area contributed by atoms with Crippen molar-refractivity contribution >= 4 is 17.2 Å². The summed E-state index contributed by atoms with van der Waals surface area (Å²) in [5.74, 6) is 0.727. The molecule has 2 N–H and O–H groups in total. The molecule has 0 spiro atoms. The van der Waals surface area contributed by atoms with Crippen LogP contribution in [-0.2, 0) is 11.3 Å². The highest BCUT2D eigenvalue weighted by atomic mass is 32.1. The molecule has 100 valence electrons. The standard InChI is InChI=1S/C13H21N3OS/c1-9-15-11(8-18-9)7-16(2)13(17)12-5-3-4-10(12)6-14/h8,10,12H,3-7,14H2,1-2H3. The number of hydrogen-bond donors (Lipinski definition) is 1. The van der Waals surface area contributed by atoms with Crippen molar-refractivity contribution in [2.75, 3.05) is 13.6 Å². The van der Waals surface area contributed by atoms with Gasteiger partial charge < -0.3 is 10.6 Å². The number of nitrogens with zero attached hydrogens (tertiary/aromatic N) is 2. The van der Waals surface area contributed by atoms with Gasteiger partial charge in [-0.05, 0) is 32.2 Å². The van der Waals surface area contributed by atoms with E-state index in [-0.39, 0.29) is 11.8 Å². The lowest BCUT2D eigenvalue weighted by Gasteiger charge is -2.23. The Morgan fingerprint density at radius 3 is 3.00 bits per heavy atom. The minimum Gasteiger partial charge on any atom is -0.340 e. The van der Waals surface area contributed by atoms with Crippen LogP contribution in [0.25, 0.3) is 0 Å². The summed E-state index contributed by atoms with van der Waals surface area (Å²) in [7, 11) is 1.86. The average Bonchev–Trinajstić information content (AvgIpc) is 2.96. The fourth-order valence-electron chi connectivity index (χ4n) is 2.73. The molecule has 1 heterocycles. The molecule has 2 atom stereocenters. The lowest BCUT2D eigenvalue weighted by atomic mass is 9.95. The number of aryl methyl sites for hydroxylation is 1. The van der Waals surface area contributed by atoms with E-state index in [0.717, 1.165) is 30.0 Å². The van der Waals surface area contributed by atoms with E-state index in [1.807, 2.05) is 19.4 Å². The molecule has 0 bridgehead atoms. The van der Waals surface area contributed by atoms with Gasteiger partial charge in [-0.3, -0.25) is 4.79 Å². The van der Waals surface area contributed by atoms with Crippen molar-refractivity contribution in [2.45, 2.75) is 32.7 Å². The van der Waals surface area contributed by atoms with Crippen molar-refractivity contribution in [2.24, 2.45) is 17.6 Å². The van der Waals surface area contributed by atoms with Crippen LogP contribution in [0, 0.1) is 18.8 Å². The van der Waals surface area contributed by atoms with E-state index in [0.29, 0.717) is 19.0 Å². The Morgan fingerprint density at radius 1 is 1.61 bits per heavy atom. The fourth-order valence-corrected chi connectivity index (χ4v) is 3.33. The van der Waals surface area contributed by atoms with Crippen LogP contribution in [-0.4, -0.2) is 29.4 Å². The molecule has 0 aliphatic heterocycles. The molecule has 1 aromatic rings. The van der Waals surface area contributed by atoms with Crippen LogP contribution >= 0.6 is 11.3 Å². The minimum absolute atomic E-state index is 0.125. The third kappa shape index (κ3) is 2.90. The fraction of sp³-hybridized carbons (Fsp3) is 0.692. The summed E-state index contributed by atoms with van der Waals surface area (Å²) in [5.41, 5.74) is 6.72. The molecule has 2 rings (SSSR count). The molecule has 1 aliphatic carbocycles. The first-order valence-electron chi connectivity index (χ1n) is 6.48. The second-order valence-electron chi connectivity index (χ2n) is 5.09. The van der Waals surface area contributed by atoms with Gasteiger partial charge in [0.25, 0.3) is 0 Å². The zero-order valence-electron chi connectivity index (χ0n) is 11.1. The van der Waals surface area contributed by atoms with E-state index in [4.69, 9.17) is 5.73 Å². The predicted molar refractivity (Wildman–Crippen MR) is 73.2 cm³/mol. The Hall–Kier alpha value is -0.940. The lowest BCUT2D eigenvalue weighted by Crippen LogP contribution is -2.36. The quantitative estimate of drug-likeness (QED) is 0.904. The number of carbonyl (C=O) groups excluding carboxylic acids is 1. The lowest BCUT2D eigenvalue weighted by molar-refractivity contribution is -0.135. The molecule has 1 amide bonds. The molecule has 0 radical (unpaired) electrons. The summed E-state index contributed by atoms with van der Waals surface area (Å²) >= 11 is 1.63. The second-order valence-corrected chi connectivity index (χ2v) is 6.15. The summed E-state index contributed by atoms with van der Waals surface area (Å²) < 4.78 is 0. The van der Waals surface area contributed by atoms with Gasteiger partial charge in [-0.25, -0.2) is 4.98 Å². The molecule has 1 aliphatic rings. The third-order valence-electron chi connectivity index (χ3n) is 3.72. The number of amides is 1. The van der Waals surface area contributed by atoms with Crippen LogP contribution in [0.3, 0.4) is 0 Å². The normalized spacial score (nSPS) is 23.3. The molecule has 2 unspecified atom stereocenters. The van der Waals surface area contributed by atoms with Crippen molar-refractivity contribution in [3.05, 3.63) is 16.1 Å². The highest BCUT2D eigenvalue weighted by molar-refractivity contribution is 7.09. The van der Waals surface area contributed by atoms with Crippen LogP contribution in [0.5, 0.6) is 0 Å². The number of aromatic nitrogens is 1. The largest absolute Gasteiger partial charge is 0.340 e. The summed E-state index contributed by atoms with van der Waals surface area (Å²) in [6.07, 6.45) is 3.21. The SMILES string of the molecule is Cc1nc(CN(C)C(=O)C2CCCC2CN)cs1. The molecule has 0 saturated heterocycles. The van der Waals surface area contributed by atoms with Crippen LogP contribution in [0.15, 0.2) is 5.38 Å². The summed E-state index contributed by atoms with van der Waals surface area (Å²) in [6.45, 7) is 3.22. The van der Waals surface area contributed by atoms with Crippen LogP contribution in [0.4, 0.5) is 0 Å². The molecule has 0 aromatic carbocycles. The summed E-state index contributed by atoms with van der Waals surface area (Å²) in [4.78, 5) is 18.6. The van der Waals surface area contributed by atoms with Gasteiger partial charge in [-0.1, -0.05) is 6.42 Å². The molecular weight excluding hydrogens is 246 g/mol. The number of nitrogens with two attached hydrogens (primary N) is 1. The maximum Gasteiger partial charge on any atom is 0.226 e. The van der Waals surface area contributed by atoms with Gasteiger partial charge in [0, 0.05) is 18.3 Å². The Kier molecular flexibility index (Phi) is 4.35. The first kappa shape index (κ1) is 13.5. The van der Waals surface area contributed by atoms with Crippen molar-refractivity contribution in [1.82, 2.24) is 9.88 Å². The van der Waals surface area contributed by atoms with Crippen molar-refractivity contribution < 1.29 is 4.79 Å². The van der Waals surface area contributed by atoms with Gasteiger partial charge >= 0.3 is 0 Å². The van der Waals surface area contributed by atoms with E-state index in [1.54, 1.807) is 16.2 Å². The van der Waals surface area contributed by atoms with Crippen LogP contribution in [0.2, 0.25) is 0 Å². The molecule has 1 aromatic heterocycles. The average molecular weight is 267 g/mol. The van der Waals surface area contributed by atoms with E-state index in [1.165, 1.54) is 0 Å². The predicted octanol–water partition coefficient (Wildman–Crippen LogP) is 1.78. The maximum absolute atomic E-state index is 12.4. The van der Waals surface area contributed by atoms with Crippen LogP contribution in [0.1, 0.15) is 30.0 Å². The van der Waals surface area contributed by atoms with Gasteiger partial charge in [0.05, 0.1) is 17.2 Å². The van der Waals surface area contributed by atoms with Crippen molar-refractivity contribution in [3.8, 4) is 0 Å². The molecular formula is C13H21N3OS. The molecule has 5 heteroatoms. The van der Waals surface area contributed by atoms with Gasteiger partial charge in [-0.2, -0.15) is 0 Å². The minimum atomic E-state index is 0.125. The number of hydrogen-bond acceptors (Lipinski definition) is 4. The van der Waals surface area contributed by atoms with E-state index in [9.17, 15) is 4.79 Å². The Bertz CT molecular complexity index is 418. The molecule has 1 saturated carbocycles. The second kappa shape index (κ2) is 5.80. The summed E-state index contributed by atoms with van der Waals surface area (Å²) in [5, 5.41) is 3.07. The van der Waals surface area contributed by atoms with E-state index < -0.39 is 0 Å². The van der Waals surface area contributed by atoms with Gasteiger partial charge in [-0.15, -0.1) is 11.3 Å². The Morgan fingerprint density at radius 2 is 2.39 bits per heavy atom. The Labute approximate surface area is 112 Å². The van der Waals surface area contributed by atoms with Crippen LogP contribution < -0.4 is 5.73 Å². The van der Waals surface area contributed by atoms with E-state index >= 15 is 0 Å². The van der Waals surface area contributed by atoms with Gasteiger partial charge in [0.15, 0.2) is 0 Å². The molecule has 18 heavy (non-hydrogen) atoms. The van der Waals surface area contributed by atoms with Crippen molar-refractivity contribution in [3.63, 3.8) is 0 Å². The Balaban J connectivity index is 1.96. The first-order chi connectivity index (χ1) is 8.61. The van der Waals surface area contributed by atoms with Gasteiger partial charge in [0.1, 0.15) is 0 Å². The topological polar surface area (TPSA) is 59.2 Å². The van der Waals surface area contributed by atoms with Gasteiger partial charge in [0.2, 0.25) is 5.91 Å². The summed E-state index contributed by atoms with van der Waals surface area (Å²) in [6, 6.07) is 0. The van der Waals surface area contributed by atoms with Crippen molar-refractivity contribution in [1.29, 1.82) is 0 Å². The smallest absolute Gasteiger partial charge is 0.226 e. The first-order valence-corrected chi connectivity index (χ1v) is 7.36. The zero-order valence-corrected chi connectivity index (χ0v) is 11.9. The highest BCUT2D eigenvalue weighted by Gasteiger charge is 2.33. The third-order valence-corrected chi connectivity index (χ3v) is 4.54. The zero-order chi connectivity index (χ0) is 13.1.